The van der Waals surface area contributed by atoms with Crippen LogP contribution in [0.5, 0.6) is 6.01 Å². The van der Waals surface area contributed by atoms with Gasteiger partial charge in [-0.3, -0.25) is 4.99 Å². The van der Waals surface area contributed by atoms with E-state index in [0.717, 1.165) is 12.1 Å². The van der Waals surface area contributed by atoms with Crippen molar-refractivity contribution in [3.8, 4) is 11.7 Å². The predicted molar refractivity (Wildman–Crippen MR) is 98.3 cm³/mol. The molecule has 0 fully saturated rings. The number of halogens is 4. The van der Waals surface area contributed by atoms with Crippen LogP contribution in [-0.4, -0.2) is 27.6 Å². The number of aliphatic imine (C=N–C) groups is 1. The van der Waals surface area contributed by atoms with Crippen molar-refractivity contribution < 1.29 is 13.5 Å². The highest BCUT2D eigenvalue weighted by atomic mass is 35.5. The molecule has 2 aromatic carbocycles. The van der Waals surface area contributed by atoms with Crippen molar-refractivity contribution in [2.45, 2.75) is 13.0 Å². The van der Waals surface area contributed by atoms with Crippen LogP contribution < -0.4 is 4.74 Å². The van der Waals surface area contributed by atoms with E-state index >= 15 is 0 Å². The number of hydrogen-bond acceptors (Lipinski definition) is 4. The van der Waals surface area contributed by atoms with Crippen molar-refractivity contribution >= 4 is 28.9 Å². The molecule has 0 radical (unpaired) electrons. The summed E-state index contributed by atoms with van der Waals surface area (Å²) in [4.78, 5) is 8.81. The van der Waals surface area contributed by atoms with E-state index in [4.69, 9.17) is 27.9 Å². The van der Waals surface area contributed by atoms with Crippen LogP contribution in [-0.2, 0) is 0 Å². The van der Waals surface area contributed by atoms with Crippen molar-refractivity contribution in [3.05, 3.63) is 69.0 Å². The number of benzene rings is 2. The van der Waals surface area contributed by atoms with Gasteiger partial charge in [-0.2, -0.15) is 4.98 Å². The molecule has 0 N–H and O–H groups in total. The van der Waals surface area contributed by atoms with Crippen LogP contribution in [0, 0.1) is 11.6 Å². The van der Waals surface area contributed by atoms with Crippen molar-refractivity contribution in [2.24, 2.45) is 4.99 Å². The zero-order chi connectivity index (χ0) is 19.3. The number of fused-ring (bicyclic) bond motifs is 3. The Bertz CT molecular complexity index is 1080. The van der Waals surface area contributed by atoms with Crippen molar-refractivity contribution in [1.29, 1.82) is 0 Å². The minimum Gasteiger partial charge on any atom is -0.466 e. The zero-order valence-corrected chi connectivity index (χ0v) is 15.7. The summed E-state index contributed by atoms with van der Waals surface area (Å²) in [5.41, 5.74) is 0.478. The zero-order valence-electron chi connectivity index (χ0n) is 14.2. The second-order valence-corrected chi connectivity index (χ2v) is 6.66. The van der Waals surface area contributed by atoms with Crippen LogP contribution in [0.4, 0.5) is 8.78 Å². The third kappa shape index (κ3) is 2.78. The molecule has 138 valence electrons. The molecule has 3 aromatic rings. The first-order chi connectivity index (χ1) is 12.9. The third-order valence-electron chi connectivity index (χ3n) is 4.23. The van der Waals surface area contributed by atoms with Gasteiger partial charge in [0.05, 0.1) is 34.1 Å². The largest absolute Gasteiger partial charge is 0.466 e. The fourth-order valence-electron chi connectivity index (χ4n) is 3.01. The van der Waals surface area contributed by atoms with Gasteiger partial charge in [0.25, 0.3) is 0 Å². The first-order valence-electron chi connectivity index (χ1n) is 7.94. The van der Waals surface area contributed by atoms with Crippen LogP contribution >= 0.6 is 23.2 Å². The summed E-state index contributed by atoms with van der Waals surface area (Å²) >= 11 is 12.6. The molecule has 27 heavy (non-hydrogen) atoms. The monoisotopic (exact) mass is 408 g/mol. The van der Waals surface area contributed by atoms with Gasteiger partial charge < -0.3 is 4.74 Å². The molecule has 0 spiro atoms. The molecule has 1 aliphatic heterocycles. The van der Waals surface area contributed by atoms with E-state index in [2.05, 4.69) is 15.1 Å². The molecular formula is C18H12Cl2F2N4O. The Balaban J connectivity index is 2.10. The Morgan fingerprint density at radius 3 is 2.44 bits per heavy atom. The fraction of sp³-hybridized carbons (Fsp3) is 0.167. The molecule has 0 amide bonds. The van der Waals surface area contributed by atoms with Gasteiger partial charge in [-0.05, 0) is 31.2 Å². The number of ether oxygens (including phenoxy) is 1. The van der Waals surface area contributed by atoms with E-state index in [1.807, 2.05) is 0 Å². The number of hydrogen-bond donors (Lipinski definition) is 0. The van der Waals surface area contributed by atoms with Crippen LogP contribution in [0.15, 0.2) is 35.3 Å². The lowest BCUT2D eigenvalue weighted by molar-refractivity contribution is 0.379. The normalized spacial score (nSPS) is 15.6. The van der Waals surface area contributed by atoms with Gasteiger partial charge in [0.15, 0.2) is 5.82 Å². The number of methoxy groups -OCH3 is 1. The molecule has 1 atom stereocenters. The molecule has 1 aliphatic rings. The highest BCUT2D eigenvalue weighted by molar-refractivity contribution is 6.45. The summed E-state index contributed by atoms with van der Waals surface area (Å²) in [5, 5.41) is 4.63. The molecule has 1 aromatic heterocycles. The Labute approximate surface area is 163 Å². The second kappa shape index (κ2) is 6.58. The lowest BCUT2D eigenvalue weighted by Crippen LogP contribution is -2.13. The average Bonchev–Trinajstić information content (AvgIpc) is 3.03. The van der Waals surface area contributed by atoms with E-state index in [1.54, 1.807) is 19.1 Å². The number of rotatable bonds is 2. The predicted octanol–water partition coefficient (Wildman–Crippen LogP) is 4.77. The van der Waals surface area contributed by atoms with Gasteiger partial charge >= 0.3 is 6.01 Å². The number of aromatic nitrogens is 3. The lowest BCUT2D eigenvalue weighted by atomic mass is 9.99. The van der Waals surface area contributed by atoms with Crippen molar-refractivity contribution in [3.63, 3.8) is 0 Å². The SMILES string of the molecule is COc1nc2n(n1)-c1ccc(Cl)c(Cl)c1C(c1c(F)cccc1F)=N[C@H]2C. The fourth-order valence-corrected chi connectivity index (χ4v) is 3.42. The van der Waals surface area contributed by atoms with Crippen LogP contribution in [0.2, 0.25) is 10.0 Å². The third-order valence-corrected chi connectivity index (χ3v) is 5.03. The van der Waals surface area contributed by atoms with Crippen molar-refractivity contribution in [2.75, 3.05) is 7.11 Å². The summed E-state index contributed by atoms with van der Waals surface area (Å²) in [6.07, 6.45) is 0. The topological polar surface area (TPSA) is 52.3 Å². The highest BCUT2D eigenvalue weighted by Crippen LogP contribution is 2.38. The average molecular weight is 409 g/mol. The van der Waals surface area contributed by atoms with Gasteiger partial charge in [0, 0.05) is 5.56 Å². The van der Waals surface area contributed by atoms with Crippen LogP contribution in [0.3, 0.4) is 0 Å². The quantitative estimate of drug-likeness (QED) is 0.613. The second-order valence-electron chi connectivity index (χ2n) is 5.87. The summed E-state index contributed by atoms with van der Waals surface area (Å²) in [5.74, 6) is -1.07. The first kappa shape index (κ1) is 17.9. The molecular weight excluding hydrogens is 397 g/mol. The van der Waals surface area contributed by atoms with Gasteiger partial charge in [-0.15, -0.1) is 5.10 Å². The molecule has 0 saturated heterocycles. The first-order valence-corrected chi connectivity index (χ1v) is 8.69. The van der Waals surface area contributed by atoms with Crippen LogP contribution in [0.1, 0.15) is 29.9 Å². The van der Waals surface area contributed by atoms with E-state index in [-0.39, 0.29) is 32.9 Å². The van der Waals surface area contributed by atoms with Gasteiger partial charge in [0.1, 0.15) is 17.7 Å². The maximum absolute atomic E-state index is 14.5. The Hall–Kier alpha value is -2.51. The van der Waals surface area contributed by atoms with E-state index < -0.39 is 17.7 Å². The Morgan fingerprint density at radius 2 is 1.78 bits per heavy atom. The van der Waals surface area contributed by atoms with E-state index in [0.29, 0.717) is 11.5 Å². The molecule has 2 heterocycles. The minimum absolute atomic E-state index is 0.0480. The summed E-state index contributed by atoms with van der Waals surface area (Å²) in [7, 11) is 1.44. The molecule has 4 rings (SSSR count). The number of nitrogens with zero attached hydrogens (tertiary/aromatic N) is 4. The van der Waals surface area contributed by atoms with Crippen LogP contribution in [0.25, 0.3) is 5.69 Å². The molecule has 0 saturated carbocycles. The standard InChI is InChI=1S/C18H12Cl2F2N4O/c1-8-17-24-18(27-2)25-26(17)12-7-6-9(19)15(20)14(12)16(23-8)13-10(21)4-3-5-11(13)22/h3-8H,1-2H3/t8-/m0/s1. The maximum Gasteiger partial charge on any atom is 0.335 e. The van der Waals surface area contributed by atoms with Gasteiger partial charge in [0.2, 0.25) is 0 Å². The smallest absolute Gasteiger partial charge is 0.335 e. The Morgan fingerprint density at radius 1 is 1.07 bits per heavy atom. The van der Waals surface area contributed by atoms with Gasteiger partial charge in [-0.25, -0.2) is 13.5 Å². The summed E-state index contributed by atoms with van der Waals surface area (Å²) < 4.78 is 35.7. The minimum atomic E-state index is -0.756. The Kier molecular flexibility index (Phi) is 4.36. The molecule has 0 bridgehead atoms. The molecule has 0 aliphatic carbocycles. The molecule has 0 unspecified atom stereocenters. The molecule has 5 nitrogen and oxygen atoms in total. The van der Waals surface area contributed by atoms with Crippen molar-refractivity contribution in [1.82, 2.24) is 14.8 Å². The lowest BCUT2D eigenvalue weighted by Gasteiger charge is -2.14. The van der Waals surface area contributed by atoms with E-state index in [9.17, 15) is 8.78 Å². The maximum atomic E-state index is 14.5. The van der Waals surface area contributed by atoms with E-state index in [1.165, 1.54) is 17.9 Å². The molecule has 9 heteroatoms. The summed E-state index contributed by atoms with van der Waals surface area (Å²) in [6, 6.07) is 6.40. The van der Waals surface area contributed by atoms with Gasteiger partial charge in [-0.1, -0.05) is 29.3 Å². The highest BCUT2D eigenvalue weighted by Gasteiger charge is 2.31. The summed E-state index contributed by atoms with van der Waals surface area (Å²) in [6.45, 7) is 1.74.